The van der Waals surface area contributed by atoms with Crippen molar-refractivity contribution in [1.82, 2.24) is 4.90 Å². The van der Waals surface area contributed by atoms with Crippen molar-refractivity contribution in [1.29, 1.82) is 0 Å². The quantitative estimate of drug-likeness (QED) is 0.857. The molecule has 0 radical (unpaired) electrons. The summed E-state index contributed by atoms with van der Waals surface area (Å²) >= 11 is 5.84. The van der Waals surface area contributed by atoms with Gasteiger partial charge in [-0.3, -0.25) is 4.79 Å². The first-order valence-electron chi connectivity index (χ1n) is 8.16. The molecule has 1 amide bonds. The van der Waals surface area contributed by atoms with Crippen LogP contribution in [0.1, 0.15) is 23.2 Å². The van der Waals surface area contributed by atoms with Crippen molar-refractivity contribution in [2.45, 2.75) is 18.4 Å². The number of aliphatic carboxylic acids is 1. The minimum Gasteiger partial charge on any atom is -0.508 e. The van der Waals surface area contributed by atoms with Crippen LogP contribution in [0, 0.1) is 0 Å². The molecule has 0 unspecified atom stereocenters. The Balaban J connectivity index is 1.72. The summed E-state index contributed by atoms with van der Waals surface area (Å²) in [5.41, 5.74) is -1.02. The summed E-state index contributed by atoms with van der Waals surface area (Å²) in [5, 5.41) is 19.8. The zero-order chi connectivity index (χ0) is 18.7. The van der Waals surface area contributed by atoms with Crippen LogP contribution in [0.2, 0.25) is 5.02 Å². The molecular weight excluding hydrogens is 358 g/mol. The fourth-order valence-electron chi connectivity index (χ4n) is 2.98. The Morgan fingerprint density at radius 1 is 1.08 bits per heavy atom. The first-order valence-corrected chi connectivity index (χ1v) is 8.54. The Kier molecular flexibility index (Phi) is 5.04. The molecule has 0 spiro atoms. The number of nitrogens with zero attached hydrogens (tertiary/aromatic N) is 1. The van der Waals surface area contributed by atoms with Crippen LogP contribution >= 0.6 is 11.6 Å². The molecule has 1 aliphatic rings. The zero-order valence-electron chi connectivity index (χ0n) is 13.9. The summed E-state index contributed by atoms with van der Waals surface area (Å²) in [5.74, 6) is -0.869. The summed E-state index contributed by atoms with van der Waals surface area (Å²) in [6.45, 7) is 0.489. The highest BCUT2D eigenvalue weighted by Gasteiger charge is 2.45. The number of likely N-dealkylation sites (tertiary alicyclic amines) is 1. The predicted octanol–water partition coefficient (Wildman–Crippen LogP) is 3.18. The van der Waals surface area contributed by atoms with Gasteiger partial charge in [0.25, 0.3) is 5.91 Å². The predicted molar refractivity (Wildman–Crippen MR) is 95.7 cm³/mol. The van der Waals surface area contributed by atoms with E-state index >= 15 is 0 Å². The number of aromatic hydroxyl groups is 1. The third-order valence-corrected chi connectivity index (χ3v) is 4.72. The number of ether oxygens (including phenoxy) is 1. The fraction of sp³-hybridized carbons (Fsp3) is 0.263. The Hall–Kier alpha value is -2.73. The Morgan fingerprint density at radius 3 is 2.31 bits per heavy atom. The average molecular weight is 376 g/mol. The summed E-state index contributed by atoms with van der Waals surface area (Å²) in [6.07, 6.45) is 0.324. The largest absolute Gasteiger partial charge is 0.508 e. The van der Waals surface area contributed by atoms with Crippen LogP contribution < -0.4 is 4.74 Å². The van der Waals surface area contributed by atoms with Gasteiger partial charge in [0.15, 0.2) is 0 Å². The van der Waals surface area contributed by atoms with Crippen LogP contribution in [0.3, 0.4) is 0 Å². The van der Waals surface area contributed by atoms with Gasteiger partial charge in [-0.2, -0.15) is 0 Å². The summed E-state index contributed by atoms with van der Waals surface area (Å²) in [4.78, 5) is 26.0. The fourth-order valence-corrected chi connectivity index (χ4v) is 3.11. The molecular formula is C19H18ClNO5. The van der Waals surface area contributed by atoms with Crippen molar-refractivity contribution in [3.05, 3.63) is 59.1 Å². The summed E-state index contributed by atoms with van der Waals surface area (Å²) in [7, 11) is 0. The van der Waals surface area contributed by atoms with Gasteiger partial charge < -0.3 is 19.8 Å². The molecule has 2 N–H and O–H groups in total. The maximum atomic E-state index is 12.5. The van der Waals surface area contributed by atoms with Crippen molar-refractivity contribution < 1.29 is 24.5 Å². The highest BCUT2D eigenvalue weighted by molar-refractivity contribution is 6.30. The lowest BCUT2D eigenvalue weighted by molar-refractivity contribution is -0.159. The number of rotatable bonds is 4. The minimum absolute atomic E-state index is 0.0128. The van der Waals surface area contributed by atoms with E-state index in [9.17, 15) is 19.8 Å². The second-order valence-electron chi connectivity index (χ2n) is 6.20. The topological polar surface area (TPSA) is 87.1 Å². The molecule has 3 rings (SSSR count). The number of hydrogen-bond acceptors (Lipinski definition) is 4. The molecule has 0 aromatic heterocycles. The second kappa shape index (κ2) is 7.25. The second-order valence-corrected chi connectivity index (χ2v) is 6.63. The SMILES string of the molecule is O=C(c1cccc(O)c1)N1CCC(Oc2ccc(Cl)cc2)(C(=O)O)CC1. The molecule has 0 bridgehead atoms. The number of phenols is 1. The van der Waals surface area contributed by atoms with Crippen LogP contribution in [0.15, 0.2) is 48.5 Å². The van der Waals surface area contributed by atoms with Crippen LogP contribution in [0.25, 0.3) is 0 Å². The van der Waals surface area contributed by atoms with Gasteiger partial charge in [0.2, 0.25) is 5.60 Å². The van der Waals surface area contributed by atoms with Gasteiger partial charge in [-0.15, -0.1) is 0 Å². The van der Waals surface area contributed by atoms with Crippen molar-refractivity contribution in [2.24, 2.45) is 0 Å². The first kappa shape index (κ1) is 18.1. The molecule has 2 aromatic rings. The van der Waals surface area contributed by atoms with Gasteiger partial charge in [0.1, 0.15) is 11.5 Å². The molecule has 2 aromatic carbocycles. The van der Waals surface area contributed by atoms with E-state index in [1.54, 1.807) is 41.3 Å². The van der Waals surface area contributed by atoms with E-state index in [1.807, 2.05) is 0 Å². The van der Waals surface area contributed by atoms with Crippen molar-refractivity contribution in [3.8, 4) is 11.5 Å². The molecule has 26 heavy (non-hydrogen) atoms. The third kappa shape index (κ3) is 3.75. The van der Waals surface area contributed by atoms with Crippen LogP contribution in [-0.4, -0.2) is 45.7 Å². The normalized spacial score (nSPS) is 16.1. The molecule has 0 saturated carbocycles. The van der Waals surface area contributed by atoms with Crippen molar-refractivity contribution in [2.75, 3.05) is 13.1 Å². The lowest BCUT2D eigenvalue weighted by atomic mass is 9.90. The summed E-state index contributed by atoms with van der Waals surface area (Å²) < 4.78 is 5.78. The number of carbonyl (C=O) groups excluding carboxylic acids is 1. The molecule has 1 fully saturated rings. The van der Waals surface area contributed by atoms with Gasteiger partial charge in [-0.25, -0.2) is 4.79 Å². The third-order valence-electron chi connectivity index (χ3n) is 4.47. The number of carbonyl (C=O) groups is 2. The van der Waals surface area contributed by atoms with Crippen molar-refractivity contribution >= 4 is 23.5 Å². The average Bonchev–Trinajstić information content (AvgIpc) is 2.63. The molecule has 0 atom stereocenters. The number of halogens is 1. The molecule has 136 valence electrons. The number of piperidine rings is 1. The number of amides is 1. The van der Waals surface area contributed by atoms with E-state index in [0.717, 1.165) is 0 Å². The van der Waals surface area contributed by atoms with Crippen LogP contribution in [0.5, 0.6) is 11.5 Å². The number of hydrogen-bond donors (Lipinski definition) is 2. The maximum absolute atomic E-state index is 12.5. The molecule has 1 aliphatic heterocycles. The standard InChI is InChI=1S/C19H18ClNO5/c20-14-4-6-16(7-5-14)26-19(18(24)25)8-10-21(11-9-19)17(23)13-2-1-3-15(22)12-13/h1-7,12,22H,8-11H2,(H,24,25). The first-order chi connectivity index (χ1) is 12.4. The van der Waals surface area contributed by atoms with Crippen molar-refractivity contribution in [3.63, 3.8) is 0 Å². The van der Waals surface area contributed by atoms with E-state index in [0.29, 0.717) is 16.3 Å². The molecule has 1 heterocycles. The molecule has 0 aliphatic carbocycles. The number of carboxylic acid groups (broad SMARTS) is 1. The zero-order valence-corrected chi connectivity index (χ0v) is 14.6. The maximum Gasteiger partial charge on any atom is 0.348 e. The summed E-state index contributed by atoms with van der Waals surface area (Å²) in [6, 6.07) is 12.6. The van der Waals surface area contributed by atoms with Gasteiger partial charge in [0, 0.05) is 36.5 Å². The van der Waals surface area contributed by atoms with E-state index in [4.69, 9.17) is 16.3 Å². The number of benzene rings is 2. The van der Waals surface area contributed by atoms with Gasteiger partial charge in [-0.05, 0) is 42.5 Å². The van der Waals surface area contributed by atoms with E-state index in [1.165, 1.54) is 12.1 Å². The molecule has 1 saturated heterocycles. The smallest absolute Gasteiger partial charge is 0.348 e. The molecule has 7 heteroatoms. The lowest BCUT2D eigenvalue weighted by Gasteiger charge is -2.38. The Labute approximate surface area is 155 Å². The van der Waals surface area contributed by atoms with E-state index in [2.05, 4.69) is 0 Å². The minimum atomic E-state index is -1.39. The highest BCUT2D eigenvalue weighted by Crippen LogP contribution is 2.30. The number of carboxylic acids is 1. The van der Waals surface area contributed by atoms with Gasteiger partial charge in [0.05, 0.1) is 0 Å². The van der Waals surface area contributed by atoms with E-state index in [-0.39, 0.29) is 37.6 Å². The molecule has 6 nitrogen and oxygen atoms in total. The van der Waals surface area contributed by atoms with Crippen LogP contribution in [0.4, 0.5) is 0 Å². The monoisotopic (exact) mass is 375 g/mol. The van der Waals surface area contributed by atoms with Gasteiger partial charge >= 0.3 is 5.97 Å². The Morgan fingerprint density at radius 2 is 1.73 bits per heavy atom. The highest BCUT2D eigenvalue weighted by atomic mass is 35.5. The van der Waals surface area contributed by atoms with Gasteiger partial charge in [-0.1, -0.05) is 17.7 Å². The lowest BCUT2D eigenvalue weighted by Crippen LogP contribution is -2.54. The van der Waals surface area contributed by atoms with Crippen LogP contribution in [-0.2, 0) is 4.79 Å². The Bertz CT molecular complexity index is 813. The number of phenolic OH excluding ortho intramolecular Hbond substituents is 1. The van der Waals surface area contributed by atoms with E-state index < -0.39 is 11.6 Å².